The van der Waals surface area contributed by atoms with Gasteiger partial charge in [0.2, 0.25) is 5.88 Å². The van der Waals surface area contributed by atoms with Gasteiger partial charge in [0.1, 0.15) is 11.1 Å². The largest absolute Gasteiger partial charge is 0.468 e. The number of rotatable bonds is 2. The highest BCUT2D eigenvalue weighted by atomic mass is 35.5. The van der Waals surface area contributed by atoms with E-state index in [0.717, 1.165) is 19.3 Å². The Bertz CT molecular complexity index is 600. The van der Waals surface area contributed by atoms with Crippen LogP contribution in [0.3, 0.4) is 0 Å². The minimum Gasteiger partial charge on any atom is -0.468 e. The van der Waals surface area contributed by atoms with Crippen molar-refractivity contribution >= 4 is 17.3 Å². The first-order valence-corrected chi connectivity index (χ1v) is 6.77. The van der Waals surface area contributed by atoms with Gasteiger partial charge in [-0.3, -0.25) is 0 Å². The molecule has 1 unspecified atom stereocenters. The van der Waals surface area contributed by atoms with Gasteiger partial charge < -0.3 is 10.5 Å². The Labute approximate surface area is 117 Å². The summed E-state index contributed by atoms with van der Waals surface area (Å²) in [6, 6.07) is 10.0. The summed E-state index contributed by atoms with van der Waals surface area (Å²) < 4.78 is 5.97. The van der Waals surface area contributed by atoms with E-state index in [4.69, 9.17) is 22.1 Å². The van der Waals surface area contributed by atoms with E-state index in [2.05, 4.69) is 23.2 Å². The fraction of sp³-hybridized carbons (Fsp3) is 0.267. The Balaban J connectivity index is 1.88. The van der Waals surface area contributed by atoms with Crippen molar-refractivity contribution < 1.29 is 4.74 Å². The third-order valence-corrected chi connectivity index (χ3v) is 3.67. The van der Waals surface area contributed by atoms with Gasteiger partial charge in [-0.05, 0) is 36.5 Å². The van der Waals surface area contributed by atoms with Crippen LogP contribution in [0, 0.1) is 0 Å². The number of nitrogen functional groups attached to an aromatic ring is 1. The molecule has 3 nitrogen and oxygen atoms in total. The lowest BCUT2D eigenvalue weighted by atomic mass is 9.89. The number of hydrogen-bond donors (Lipinski definition) is 1. The zero-order valence-electron chi connectivity index (χ0n) is 10.5. The van der Waals surface area contributed by atoms with Crippen LogP contribution in [0.2, 0.25) is 5.02 Å². The van der Waals surface area contributed by atoms with E-state index in [1.54, 1.807) is 12.3 Å². The number of aryl methyl sites for hydroxylation is 1. The molecule has 1 aliphatic rings. The number of hydrogen-bond acceptors (Lipinski definition) is 3. The van der Waals surface area contributed by atoms with Crippen molar-refractivity contribution in [2.24, 2.45) is 0 Å². The summed E-state index contributed by atoms with van der Waals surface area (Å²) in [5.41, 5.74) is 8.77. The molecule has 1 heterocycles. The summed E-state index contributed by atoms with van der Waals surface area (Å²) in [5.74, 6) is 0.456. The Kier molecular flexibility index (Phi) is 3.30. The molecule has 2 N–H and O–H groups in total. The molecule has 0 bridgehead atoms. The van der Waals surface area contributed by atoms with Crippen molar-refractivity contribution in [3.8, 4) is 5.88 Å². The van der Waals surface area contributed by atoms with Gasteiger partial charge in [0.25, 0.3) is 0 Å². The second kappa shape index (κ2) is 5.10. The molecule has 4 heteroatoms. The average Bonchev–Trinajstić information content (AvgIpc) is 2.42. The maximum Gasteiger partial charge on any atom is 0.233 e. The van der Waals surface area contributed by atoms with Crippen LogP contribution in [0.5, 0.6) is 5.88 Å². The van der Waals surface area contributed by atoms with Gasteiger partial charge in [0.05, 0.1) is 11.9 Å². The molecule has 2 aromatic rings. The molecular weight excluding hydrogens is 260 g/mol. The first-order valence-electron chi connectivity index (χ1n) is 6.39. The zero-order valence-corrected chi connectivity index (χ0v) is 11.2. The van der Waals surface area contributed by atoms with Crippen molar-refractivity contribution in [3.05, 3.63) is 52.7 Å². The monoisotopic (exact) mass is 274 g/mol. The molecule has 1 aromatic carbocycles. The smallest absolute Gasteiger partial charge is 0.233 e. The molecule has 1 atom stereocenters. The number of benzene rings is 1. The van der Waals surface area contributed by atoms with Crippen molar-refractivity contribution in [1.29, 1.82) is 0 Å². The van der Waals surface area contributed by atoms with Gasteiger partial charge in [0, 0.05) is 0 Å². The Hall–Kier alpha value is -1.74. The lowest BCUT2D eigenvalue weighted by Crippen LogP contribution is -2.15. The van der Waals surface area contributed by atoms with E-state index < -0.39 is 0 Å². The van der Waals surface area contributed by atoms with Crippen LogP contribution in [0.4, 0.5) is 5.69 Å². The molecule has 1 aliphatic carbocycles. The predicted molar refractivity (Wildman–Crippen MR) is 76.4 cm³/mol. The van der Waals surface area contributed by atoms with Crippen molar-refractivity contribution in [2.45, 2.75) is 25.4 Å². The number of aromatic nitrogens is 1. The molecule has 0 saturated carbocycles. The number of anilines is 1. The van der Waals surface area contributed by atoms with Crippen molar-refractivity contribution in [1.82, 2.24) is 4.98 Å². The van der Waals surface area contributed by atoms with E-state index in [0.29, 0.717) is 16.6 Å². The highest BCUT2D eigenvalue weighted by molar-refractivity contribution is 6.32. The van der Waals surface area contributed by atoms with Crippen LogP contribution in [-0.4, -0.2) is 4.98 Å². The molecule has 0 spiro atoms. The summed E-state index contributed by atoms with van der Waals surface area (Å²) in [4.78, 5) is 4.17. The SMILES string of the molecule is Nc1cnc(OC2CCCc3ccccc32)c(Cl)c1. The molecule has 1 aromatic heterocycles. The van der Waals surface area contributed by atoms with E-state index >= 15 is 0 Å². The van der Waals surface area contributed by atoms with Gasteiger partial charge in [-0.2, -0.15) is 0 Å². The van der Waals surface area contributed by atoms with Crippen LogP contribution in [-0.2, 0) is 6.42 Å². The number of nitrogens with zero attached hydrogens (tertiary/aromatic N) is 1. The van der Waals surface area contributed by atoms with Gasteiger partial charge in [-0.25, -0.2) is 4.98 Å². The number of pyridine rings is 1. The number of halogens is 1. The molecule has 0 fully saturated rings. The summed E-state index contributed by atoms with van der Waals surface area (Å²) in [6.45, 7) is 0. The zero-order chi connectivity index (χ0) is 13.2. The van der Waals surface area contributed by atoms with E-state index in [-0.39, 0.29) is 6.10 Å². The average molecular weight is 275 g/mol. The quantitative estimate of drug-likeness (QED) is 0.907. The second-order valence-electron chi connectivity index (χ2n) is 4.75. The summed E-state index contributed by atoms with van der Waals surface area (Å²) in [5, 5.41) is 0.461. The summed E-state index contributed by atoms with van der Waals surface area (Å²) in [6.07, 6.45) is 4.81. The Morgan fingerprint density at radius 2 is 2.16 bits per heavy atom. The number of ether oxygens (including phenoxy) is 1. The minimum atomic E-state index is 0.0265. The molecule has 19 heavy (non-hydrogen) atoms. The fourth-order valence-electron chi connectivity index (χ4n) is 2.49. The van der Waals surface area contributed by atoms with Crippen LogP contribution >= 0.6 is 11.6 Å². The predicted octanol–water partition coefficient (Wildman–Crippen LogP) is 3.77. The van der Waals surface area contributed by atoms with E-state index in [1.807, 2.05) is 6.07 Å². The van der Waals surface area contributed by atoms with Gasteiger partial charge in [-0.1, -0.05) is 35.9 Å². The first-order chi connectivity index (χ1) is 9.24. The molecule has 0 aliphatic heterocycles. The van der Waals surface area contributed by atoms with Crippen LogP contribution in [0.25, 0.3) is 0 Å². The Morgan fingerprint density at radius 3 is 3.00 bits per heavy atom. The molecule has 3 rings (SSSR count). The lowest BCUT2D eigenvalue weighted by Gasteiger charge is -2.26. The van der Waals surface area contributed by atoms with Gasteiger partial charge in [-0.15, -0.1) is 0 Å². The van der Waals surface area contributed by atoms with Gasteiger partial charge >= 0.3 is 0 Å². The highest BCUT2D eigenvalue weighted by Gasteiger charge is 2.22. The second-order valence-corrected chi connectivity index (χ2v) is 5.16. The maximum absolute atomic E-state index is 6.11. The third-order valence-electron chi connectivity index (χ3n) is 3.40. The number of fused-ring (bicyclic) bond motifs is 1. The van der Waals surface area contributed by atoms with Crippen LogP contribution in [0.1, 0.15) is 30.1 Å². The molecule has 0 saturated heterocycles. The van der Waals surface area contributed by atoms with Crippen molar-refractivity contribution in [2.75, 3.05) is 5.73 Å². The van der Waals surface area contributed by atoms with Crippen molar-refractivity contribution in [3.63, 3.8) is 0 Å². The topological polar surface area (TPSA) is 48.1 Å². The molecule has 0 radical (unpaired) electrons. The van der Waals surface area contributed by atoms with Crippen LogP contribution < -0.4 is 10.5 Å². The molecule has 0 amide bonds. The standard InChI is InChI=1S/C15H15ClN2O/c16-13-8-11(17)9-18-15(13)19-14-7-3-5-10-4-1-2-6-12(10)14/h1-2,4,6,8-9,14H,3,5,7,17H2. The van der Waals surface area contributed by atoms with Crippen LogP contribution in [0.15, 0.2) is 36.5 Å². The number of nitrogens with two attached hydrogens (primary N) is 1. The maximum atomic E-state index is 6.11. The van der Waals surface area contributed by atoms with Gasteiger partial charge in [0.15, 0.2) is 0 Å². The third kappa shape index (κ3) is 2.51. The molecular formula is C15H15ClN2O. The first kappa shape index (κ1) is 12.3. The van der Waals surface area contributed by atoms with E-state index in [1.165, 1.54) is 11.1 Å². The summed E-state index contributed by atoms with van der Waals surface area (Å²) >= 11 is 6.11. The highest BCUT2D eigenvalue weighted by Crippen LogP contribution is 2.35. The minimum absolute atomic E-state index is 0.0265. The Morgan fingerprint density at radius 1 is 1.32 bits per heavy atom. The lowest BCUT2D eigenvalue weighted by molar-refractivity contribution is 0.176. The normalized spacial score (nSPS) is 17.8. The van der Waals surface area contributed by atoms with E-state index in [9.17, 15) is 0 Å². The fourth-order valence-corrected chi connectivity index (χ4v) is 2.71. The summed E-state index contributed by atoms with van der Waals surface area (Å²) in [7, 11) is 0. The molecule has 98 valence electrons.